The molecule has 0 saturated carbocycles. The maximum atomic E-state index is 13.6. The van der Waals surface area contributed by atoms with Gasteiger partial charge in [-0.15, -0.1) is 0 Å². The summed E-state index contributed by atoms with van der Waals surface area (Å²) in [5.41, 5.74) is 1.66. The van der Waals surface area contributed by atoms with Gasteiger partial charge in [0, 0.05) is 5.56 Å². The molecule has 1 aromatic heterocycles. The van der Waals surface area contributed by atoms with Gasteiger partial charge in [0.2, 0.25) is 0 Å². The van der Waals surface area contributed by atoms with Crippen molar-refractivity contribution in [1.82, 2.24) is 4.98 Å². The number of nitrogens with zero attached hydrogens (tertiary/aromatic N) is 1. The number of rotatable bonds is 7. The molecular weight excluding hydrogens is 371 g/mol. The fraction of sp³-hybridized carbons (Fsp3) is 0.158. The monoisotopic (exact) mass is 388 g/mol. The van der Waals surface area contributed by atoms with Crippen molar-refractivity contribution in [1.29, 1.82) is 0 Å². The van der Waals surface area contributed by atoms with E-state index >= 15 is 0 Å². The Hall–Kier alpha value is -2.38. The Morgan fingerprint density at radius 3 is 2.65 bits per heavy atom. The predicted octanol–water partition coefficient (Wildman–Crippen LogP) is 5.08. The van der Waals surface area contributed by atoms with Crippen LogP contribution in [0.3, 0.4) is 0 Å². The van der Waals surface area contributed by atoms with Crippen LogP contribution in [0, 0.1) is 5.82 Å². The zero-order chi connectivity index (χ0) is 18.4. The minimum atomic E-state index is -0.496. The van der Waals surface area contributed by atoms with Crippen LogP contribution >= 0.6 is 23.1 Å². The molecule has 26 heavy (non-hydrogen) atoms. The number of aromatic nitrogens is 1. The van der Waals surface area contributed by atoms with E-state index in [9.17, 15) is 9.18 Å². The molecule has 4 nitrogen and oxygen atoms in total. The van der Waals surface area contributed by atoms with Crippen molar-refractivity contribution < 1.29 is 13.9 Å². The number of hydrogen-bond acceptors (Lipinski definition) is 5. The molecule has 0 aliphatic carbocycles. The Bertz CT molecular complexity index is 884. The lowest BCUT2D eigenvalue weighted by Gasteiger charge is -2.08. The maximum Gasteiger partial charge on any atom is 0.262 e. The van der Waals surface area contributed by atoms with E-state index in [1.54, 1.807) is 23.9 Å². The number of ether oxygens (including phenoxy) is 1. The highest BCUT2D eigenvalue weighted by atomic mass is 32.2. The van der Waals surface area contributed by atoms with Gasteiger partial charge in [0.05, 0.1) is 0 Å². The van der Waals surface area contributed by atoms with E-state index in [1.165, 1.54) is 23.5 Å². The number of nitrogens with one attached hydrogen (secondary N) is 1. The van der Waals surface area contributed by atoms with Crippen molar-refractivity contribution in [2.24, 2.45) is 0 Å². The van der Waals surface area contributed by atoms with Crippen LogP contribution in [0.2, 0.25) is 0 Å². The predicted molar refractivity (Wildman–Crippen MR) is 104 cm³/mol. The molecule has 0 aliphatic heterocycles. The minimum absolute atomic E-state index is 0.0532. The smallest absolute Gasteiger partial charge is 0.262 e. The van der Waals surface area contributed by atoms with Gasteiger partial charge in [-0.1, -0.05) is 72.5 Å². The van der Waals surface area contributed by atoms with Crippen LogP contribution in [0.1, 0.15) is 6.92 Å². The molecule has 7 heteroatoms. The lowest BCUT2D eigenvalue weighted by molar-refractivity contribution is -0.118. The quantitative estimate of drug-likeness (QED) is 0.574. The van der Waals surface area contributed by atoms with Crippen molar-refractivity contribution in [3.8, 4) is 17.0 Å². The molecule has 134 valence electrons. The number of thiazole rings is 1. The van der Waals surface area contributed by atoms with Gasteiger partial charge in [0.15, 0.2) is 22.5 Å². The number of amides is 1. The molecule has 0 unspecified atom stereocenters. The number of para-hydroxylation sites is 1. The average molecular weight is 388 g/mol. The minimum Gasteiger partial charge on any atom is -0.481 e. The molecule has 0 aliphatic rings. The summed E-state index contributed by atoms with van der Waals surface area (Å²) in [5, 5.41) is 3.50. The number of thioether (sulfide) groups is 1. The standard InChI is InChI=1S/C19H17FN2O2S2/c1-2-25-19-22-17(13-8-4-3-5-9-13)18(26-19)21-16(23)12-24-15-11-7-6-10-14(15)20/h3-11H,2,12H2,1H3,(H,21,23). The first-order valence-electron chi connectivity index (χ1n) is 8.03. The summed E-state index contributed by atoms with van der Waals surface area (Å²) in [6.45, 7) is 1.78. The lowest BCUT2D eigenvalue weighted by Crippen LogP contribution is -2.20. The molecule has 3 aromatic rings. The van der Waals surface area contributed by atoms with Crippen LogP contribution in [0.25, 0.3) is 11.3 Å². The normalized spacial score (nSPS) is 10.5. The molecule has 1 N–H and O–H groups in total. The lowest BCUT2D eigenvalue weighted by atomic mass is 10.2. The van der Waals surface area contributed by atoms with E-state index in [0.29, 0.717) is 5.00 Å². The van der Waals surface area contributed by atoms with Gasteiger partial charge in [-0.3, -0.25) is 4.79 Å². The molecule has 0 atom stereocenters. The zero-order valence-corrected chi connectivity index (χ0v) is 15.7. The highest BCUT2D eigenvalue weighted by Crippen LogP contribution is 2.37. The van der Waals surface area contributed by atoms with Gasteiger partial charge in [0.25, 0.3) is 5.91 Å². The first-order chi connectivity index (χ1) is 12.7. The van der Waals surface area contributed by atoms with E-state index < -0.39 is 5.82 Å². The third-order valence-electron chi connectivity index (χ3n) is 3.37. The summed E-state index contributed by atoms with van der Waals surface area (Å²) >= 11 is 3.04. The number of anilines is 1. The van der Waals surface area contributed by atoms with Gasteiger partial charge in [-0.2, -0.15) is 0 Å². The summed E-state index contributed by atoms with van der Waals surface area (Å²) in [7, 11) is 0. The zero-order valence-electron chi connectivity index (χ0n) is 14.1. The Morgan fingerprint density at radius 2 is 1.92 bits per heavy atom. The Labute approximate surface area is 159 Å². The second kappa shape index (κ2) is 8.82. The van der Waals surface area contributed by atoms with Crippen LogP contribution < -0.4 is 10.1 Å². The van der Waals surface area contributed by atoms with Crippen LogP contribution in [0.15, 0.2) is 58.9 Å². The molecule has 2 aromatic carbocycles. The molecule has 0 saturated heterocycles. The van der Waals surface area contributed by atoms with E-state index in [2.05, 4.69) is 17.2 Å². The third kappa shape index (κ3) is 4.62. The molecule has 1 heterocycles. The molecule has 0 fully saturated rings. The van der Waals surface area contributed by atoms with Gasteiger partial charge >= 0.3 is 0 Å². The molecular formula is C19H17FN2O2S2. The average Bonchev–Trinajstić information content (AvgIpc) is 3.04. The summed E-state index contributed by atoms with van der Waals surface area (Å²) in [4.78, 5) is 16.9. The third-order valence-corrected chi connectivity index (χ3v) is 5.37. The second-order valence-electron chi connectivity index (χ2n) is 5.22. The molecule has 0 radical (unpaired) electrons. The maximum absolute atomic E-state index is 13.6. The van der Waals surface area contributed by atoms with E-state index in [4.69, 9.17) is 4.74 Å². The van der Waals surface area contributed by atoms with Crippen molar-refractivity contribution in [2.75, 3.05) is 17.7 Å². The van der Waals surface area contributed by atoms with Crippen LogP contribution in [-0.2, 0) is 4.79 Å². The SMILES string of the molecule is CCSc1nc(-c2ccccc2)c(NC(=O)COc2ccccc2F)s1. The van der Waals surface area contributed by atoms with Gasteiger partial charge in [-0.05, 0) is 17.9 Å². The van der Waals surface area contributed by atoms with Crippen LogP contribution in [0.4, 0.5) is 9.39 Å². The summed E-state index contributed by atoms with van der Waals surface area (Å²) in [5.74, 6) is 0.0928. The molecule has 3 rings (SSSR count). The topological polar surface area (TPSA) is 51.2 Å². The fourth-order valence-electron chi connectivity index (χ4n) is 2.23. The second-order valence-corrected chi connectivity index (χ2v) is 7.73. The summed E-state index contributed by atoms with van der Waals surface area (Å²) < 4.78 is 19.7. The number of benzene rings is 2. The van der Waals surface area contributed by atoms with Crippen molar-refractivity contribution in [3.05, 3.63) is 60.4 Å². The van der Waals surface area contributed by atoms with Gasteiger partial charge < -0.3 is 10.1 Å². The Kier molecular flexibility index (Phi) is 6.25. The number of carbonyl (C=O) groups excluding carboxylic acids is 1. The number of hydrogen-bond donors (Lipinski definition) is 1. The largest absolute Gasteiger partial charge is 0.481 e. The van der Waals surface area contributed by atoms with Crippen LogP contribution in [0.5, 0.6) is 5.75 Å². The van der Waals surface area contributed by atoms with Gasteiger partial charge in [0.1, 0.15) is 10.7 Å². The molecule has 0 bridgehead atoms. The highest BCUT2D eigenvalue weighted by Gasteiger charge is 2.16. The van der Waals surface area contributed by atoms with Crippen molar-refractivity contribution in [3.63, 3.8) is 0 Å². The van der Waals surface area contributed by atoms with E-state index in [-0.39, 0.29) is 18.3 Å². The summed E-state index contributed by atoms with van der Waals surface area (Å²) in [6.07, 6.45) is 0. The van der Waals surface area contributed by atoms with Crippen molar-refractivity contribution >= 4 is 34.0 Å². The first kappa shape index (κ1) is 18.4. The highest BCUT2D eigenvalue weighted by molar-refractivity contribution is 8.01. The Balaban J connectivity index is 1.74. The van der Waals surface area contributed by atoms with E-state index in [1.807, 2.05) is 30.3 Å². The number of carbonyl (C=O) groups is 1. The van der Waals surface area contributed by atoms with E-state index in [0.717, 1.165) is 21.3 Å². The molecule has 1 amide bonds. The summed E-state index contributed by atoms with van der Waals surface area (Å²) in [6, 6.07) is 15.7. The molecule has 0 spiro atoms. The first-order valence-corrected chi connectivity index (χ1v) is 9.83. The fourth-order valence-corrected chi connectivity index (χ4v) is 4.21. The Morgan fingerprint density at radius 1 is 1.19 bits per heavy atom. The van der Waals surface area contributed by atoms with Crippen LogP contribution in [-0.4, -0.2) is 23.3 Å². The van der Waals surface area contributed by atoms with Crippen molar-refractivity contribution in [2.45, 2.75) is 11.3 Å². The van der Waals surface area contributed by atoms with Gasteiger partial charge in [-0.25, -0.2) is 9.37 Å². The number of halogens is 1.